The van der Waals surface area contributed by atoms with Gasteiger partial charge in [-0.15, -0.1) is 11.3 Å². The van der Waals surface area contributed by atoms with Gasteiger partial charge in [0.15, 0.2) is 0 Å². The lowest BCUT2D eigenvalue weighted by molar-refractivity contribution is 0.299. The van der Waals surface area contributed by atoms with E-state index in [9.17, 15) is 8.42 Å². The predicted molar refractivity (Wildman–Crippen MR) is 82.1 cm³/mol. The Bertz CT molecular complexity index is 673. The summed E-state index contributed by atoms with van der Waals surface area (Å²) in [5, 5.41) is 8.83. The van der Waals surface area contributed by atoms with Gasteiger partial charge in [-0.2, -0.15) is 0 Å². The molecule has 20 heavy (non-hydrogen) atoms. The van der Waals surface area contributed by atoms with E-state index in [-0.39, 0.29) is 10.8 Å². The molecular formula is C13H14ClNO3S2. The van der Waals surface area contributed by atoms with Gasteiger partial charge in [-0.05, 0) is 42.7 Å². The first-order valence-corrected chi connectivity index (χ1v) is 8.58. The fourth-order valence-electron chi connectivity index (χ4n) is 1.64. The van der Waals surface area contributed by atoms with Gasteiger partial charge < -0.3 is 5.11 Å². The number of sulfonamides is 1. The highest BCUT2D eigenvalue weighted by molar-refractivity contribution is 7.94. The van der Waals surface area contributed by atoms with Crippen molar-refractivity contribution < 1.29 is 13.5 Å². The standard InChI is InChI=1S/C13H14ClNO3S2/c1-9-8-12(19-13(9)14)20(17,18)15-11-4-2-10(3-5-11)6-7-16/h2-5,8,15-16H,6-7H2,1H3. The Morgan fingerprint density at radius 1 is 1.30 bits per heavy atom. The minimum atomic E-state index is -3.61. The van der Waals surface area contributed by atoms with Crippen molar-refractivity contribution in [1.29, 1.82) is 0 Å². The lowest BCUT2D eigenvalue weighted by atomic mass is 10.1. The molecular weight excluding hydrogens is 318 g/mol. The molecule has 0 aliphatic rings. The highest BCUT2D eigenvalue weighted by Crippen LogP contribution is 2.31. The van der Waals surface area contributed by atoms with E-state index in [1.165, 1.54) is 0 Å². The molecule has 1 heterocycles. The second kappa shape index (κ2) is 6.13. The molecule has 0 aliphatic heterocycles. The normalized spacial score (nSPS) is 11.6. The molecule has 4 nitrogen and oxygen atoms in total. The molecule has 108 valence electrons. The first kappa shape index (κ1) is 15.3. The van der Waals surface area contributed by atoms with E-state index in [1.54, 1.807) is 37.3 Å². The van der Waals surface area contributed by atoms with Crippen LogP contribution in [0.5, 0.6) is 0 Å². The molecule has 0 aliphatic carbocycles. The second-order valence-electron chi connectivity index (χ2n) is 4.30. The SMILES string of the molecule is Cc1cc(S(=O)(=O)Nc2ccc(CCO)cc2)sc1Cl. The van der Waals surface area contributed by atoms with Crippen LogP contribution in [0.4, 0.5) is 5.69 Å². The maximum absolute atomic E-state index is 12.2. The van der Waals surface area contributed by atoms with Crippen molar-refractivity contribution in [3.05, 3.63) is 45.8 Å². The van der Waals surface area contributed by atoms with Gasteiger partial charge >= 0.3 is 0 Å². The molecule has 0 saturated carbocycles. The number of nitrogens with one attached hydrogen (secondary N) is 1. The minimum absolute atomic E-state index is 0.0675. The van der Waals surface area contributed by atoms with Gasteiger partial charge in [0.2, 0.25) is 0 Å². The van der Waals surface area contributed by atoms with Gasteiger partial charge in [0, 0.05) is 12.3 Å². The third-order valence-corrected chi connectivity index (χ3v) is 6.12. The number of halogens is 1. The number of rotatable bonds is 5. The molecule has 0 spiro atoms. The Kier molecular flexibility index (Phi) is 4.70. The van der Waals surface area contributed by atoms with Gasteiger partial charge in [-0.1, -0.05) is 23.7 Å². The summed E-state index contributed by atoms with van der Waals surface area (Å²) in [6, 6.07) is 8.45. The molecule has 0 bridgehead atoms. The largest absolute Gasteiger partial charge is 0.396 e. The highest BCUT2D eigenvalue weighted by Gasteiger charge is 2.18. The minimum Gasteiger partial charge on any atom is -0.396 e. The number of aliphatic hydroxyl groups is 1. The summed E-state index contributed by atoms with van der Waals surface area (Å²) in [5.41, 5.74) is 2.18. The molecule has 0 atom stereocenters. The van der Waals surface area contributed by atoms with Crippen molar-refractivity contribution in [3.8, 4) is 0 Å². The van der Waals surface area contributed by atoms with Crippen molar-refractivity contribution in [2.45, 2.75) is 17.6 Å². The molecule has 0 amide bonds. The summed E-state index contributed by atoms with van der Waals surface area (Å²) in [6.45, 7) is 1.83. The monoisotopic (exact) mass is 331 g/mol. The van der Waals surface area contributed by atoms with Crippen LogP contribution in [0.3, 0.4) is 0 Å². The number of benzene rings is 1. The summed E-state index contributed by atoms with van der Waals surface area (Å²) in [7, 11) is -3.61. The number of anilines is 1. The average molecular weight is 332 g/mol. The first-order valence-electron chi connectivity index (χ1n) is 5.91. The van der Waals surface area contributed by atoms with Crippen LogP contribution in [-0.4, -0.2) is 20.1 Å². The van der Waals surface area contributed by atoms with E-state index >= 15 is 0 Å². The van der Waals surface area contributed by atoms with Crippen LogP contribution in [0.1, 0.15) is 11.1 Å². The number of hydrogen-bond donors (Lipinski definition) is 2. The molecule has 1 aromatic carbocycles. The second-order valence-corrected chi connectivity index (χ2v) is 7.86. The van der Waals surface area contributed by atoms with Gasteiger partial charge in [0.1, 0.15) is 4.21 Å². The Morgan fingerprint density at radius 3 is 2.45 bits per heavy atom. The van der Waals surface area contributed by atoms with Crippen molar-refractivity contribution in [2.75, 3.05) is 11.3 Å². The topological polar surface area (TPSA) is 66.4 Å². The molecule has 2 N–H and O–H groups in total. The number of aliphatic hydroxyl groups excluding tert-OH is 1. The summed E-state index contributed by atoms with van der Waals surface area (Å²) in [5.74, 6) is 0. The Labute approximate surface area is 127 Å². The molecule has 0 saturated heterocycles. The highest BCUT2D eigenvalue weighted by atomic mass is 35.5. The Balaban J connectivity index is 2.19. The third kappa shape index (κ3) is 3.52. The fraction of sp³-hybridized carbons (Fsp3) is 0.231. The molecule has 0 fully saturated rings. The van der Waals surface area contributed by atoms with Gasteiger partial charge in [-0.3, -0.25) is 4.72 Å². The van der Waals surface area contributed by atoms with Crippen molar-refractivity contribution in [2.24, 2.45) is 0 Å². The van der Waals surface area contributed by atoms with E-state index < -0.39 is 10.0 Å². The Morgan fingerprint density at radius 2 is 1.95 bits per heavy atom. The maximum Gasteiger partial charge on any atom is 0.271 e. The molecule has 2 rings (SSSR count). The zero-order valence-corrected chi connectivity index (χ0v) is 13.1. The Hall–Kier alpha value is -1.08. The molecule has 7 heteroatoms. The molecule has 2 aromatic rings. The van der Waals surface area contributed by atoms with Crippen LogP contribution in [0.25, 0.3) is 0 Å². The van der Waals surface area contributed by atoms with E-state index in [1.807, 2.05) is 0 Å². The molecule has 0 radical (unpaired) electrons. The zero-order valence-electron chi connectivity index (χ0n) is 10.8. The van der Waals surface area contributed by atoms with E-state index in [0.717, 1.165) is 22.5 Å². The average Bonchev–Trinajstić information content (AvgIpc) is 2.73. The summed E-state index contributed by atoms with van der Waals surface area (Å²) in [6.07, 6.45) is 0.548. The number of hydrogen-bond acceptors (Lipinski definition) is 4. The predicted octanol–water partition coefficient (Wildman–Crippen LogP) is 3.05. The van der Waals surface area contributed by atoms with Gasteiger partial charge in [0.05, 0.1) is 4.34 Å². The van der Waals surface area contributed by atoms with Crippen LogP contribution < -0.4 is 4.72 Å². The van der Waals surface area contributed by atoms with Crippen LogP contribution in [0, 0.1) is 6.92 Å². The van der Waals surface area contributed by atoms with Crippen LogP contribution >= 0.6 is 22.9 Å². The van der Waals surface area contributed by atoms with Crippen LogP contribution in [0.2, 0.25) is 4.34 Å². The van der Waals surface area contributed by atoms with E-state index in [4.69, 9.17) is 16.7 Å². The number of thiophene rings is 1. The zero-order chi connectivity index (χ0) is 14.8. The van der Waals surface area contributed by atoms with Crippen LogP contribution in [0.15, 0.2) is 34.5 Å². The maximum atomic E-state index is 12.2. The summed E-state index contributed by atoms with van der Waals surface area (Å²) in [4.78, 5) is 0. The summed E-state index contributed by atoms with van der Waals surface area (Å²) >= 11 is 6.93. The smallest absolute Gasteiger partial charge is 0.271 e. The van der Waals surface area contributed by atoms with Crippen molar-refractivity contribution in [3.63, 3.8) is 0 Å². The van der Waals surface area contributed by atoms with Crippen LogP contribution in [-0.2, 0) is 16.4 Å². The lowest BCUT2D eigenvalue weighted by Crippen LogP contribution is -2.11. The van der Waals surface area contributed by atoms with Crippen molar-refractivity contribution >= 4 is 38.6 Å². The van der Waals surface area contributed by atoms with E-state index in [2.05, 4.69) is 4.72 Å². The quantitative estimate of drug-likeness (QED) is 0.885. The van der Waals surface area contributed by atoms with E-state index in [0.29, 0.717) is 16.4 Å². The van der Waals surface area contributed by atoms with Gasteiger partial charge in [-0.25, -0.2) is 8.42 Å². The molecule has 1 aromatic heterocycles. The fourth-order valence-corrected chi connectivity index (χ4v) is 4.40. The third-order valence-electron chi connectivity index (χ3n) is 2.71. The first-order chi connectivity index (χ1) is 9.42. The summed E-state index contributed by atoms with van der Waals surface area (Å²) < 4.78 is 27.5. The van der Waals surface area contributed by atoms with Gasteiger partial charge in [0.25, 0.3) is 10.0 Å². The molecule has 0 unspecified atom stereocenters. The number of aryl methyl sites for hydroxylation is 1. The van der Waals surface area contributed by atoms with Crippen molar-refractivity contribution in [1.82, 2.24) is 0 Å². The lowest BCUT2D eigenvalue weighted by Gasteiger charge is -2.07.